The van der Waals surface area contributed by atoms with Gasteiger partial charge in [-0.25, -0.2) is 0 Å². The number of allylic oxidation sites excluding steroid dienone is 1. The predicted molar refractivity (Wildman–Crippen MR) is 114 cm³/mol. The minimum atomic E-state index is -0.251. The maximum Gasteiger partial charge on any atom is 0.305 e. The third-order valence-corrected chi connectivity index (χ3v) is 3.48. The number of pyridine rings is 2. The van der Waals surface area contributed by atoms with Crippen LogP contribution in [0.3, 0.4) is 0 Å². The van der Waals surface area contributed by atoms with Crippen molar-refractivity contribution in [2.45, 2.75) is 19.8 Å². The number of ether oxygens (including phenoxy) is 3. The summed E-state index contributed by atoms with van der Waals surface area (Å²) in [6.45, 7) is 2.46. The largest absolute Gasteiger partial charge is 0.491 e. The first kappa shape index (κ1) is 26.4. The fraction of sp³-hybridized carbons (Fsp3) is 0.300. The standard InChI is InChI=1S/C20H22N2O5.2ClH/c1-3-26-20(24)8-6-12-27-18-13-15(22-14-19(18)25-2)9-10-17(23)16-7-4-5-11-21-16;;/h4-5,7,9-11,13-14H,3,6,8,12H2,1-2H3;2*1H. The van der Waals surface area contributed by atoms with E-state index in [1.807, 2.05) is 0 Å². The number of carbonyl (C=O) groups is 2. The Hall–Kier alpha value is -2.64. The number of rotatable bonds is 10. The first-order valence-corrected chi connectivity index (χ1v) is 8.60. The van der Waals surface area contributed by atoms with E-state index in [1.165, 1.54) is 19.4 Å². The first-order valence-electron chi connectivity index (χ1n) is 8.60. The summed E-state index contributed by atoms with van der Waals surface area (Å²) < 4.78 is 15.8. The Morgan fingerprint density at radius 1 is 1.14 bits per heavy atom. The molecule has 0 aromatic carbocycles. The number of nitrogens with zero attached hydrogens (tertiary/aromatic N) is 2. The molecule has 0 N–H and O–H groups in total. The number of halogens is 2. The van der Waals surface area contributed by atoms with Crippen molar-refractivity contribution < 1.29 is 23.8 Å². The topological polar surface area (TPSA) is 87.6 Å². The van der Waals surface area contributed by atoms with E-state index in [9.17, 15) is 9.59 Å². The third kappa shape index (κ3) is 8.93. The van der Waals surface area contributed by atoms with Gasteiger partial charge in [0.2, 0.25) is 5.78 Å². The fourth-order valence-corrected chi connectivity index (χ4v) is 2.18. The van der Waals surface area contributed by atoms with Crippen LogP contribution in [0, 0.1) is 0 Å². The molecule has 2 aromatic heterocycles. The molecule has 2 heterocycles. The summed E-state index contributed by atoms with van der Waals surface area (Å²) in [4.78, 5) is 31.6. The van der Waals surface area contributed by atoms with Crippen molar-refractivity contribution in [3.8, 4) is 11.5 Å². The van der Waals surface area contributed by atoms with E-state index >= 15 is 0 Å². The number of hydrogen-bond donors (Lipinski definition) is 0. The van der Waals surface area contributed by atoms with Crippen LogP contribution in [-0.2, 0) is 9.53 Å². The van der Waals surface area contributed by atoms with Crippen molar-refractivity contribution in [3.05, 3.63) is 54.1 Å². The summed E-state index contributed by atoms with van der Waals surface area (Å²) in [6, 6.07) is 6.82. The van der Waals surface area contributed by atoms with Gasteiger partial charge in [0.15, 0.2) is 11.5 Å². The van der Waals surface area contributed by atoms with E-state index in [0.29, 0.717) is 42.5 Å². The number of esters is 1. The summed E-state index contributed by atoms with van der Waals surface area (Å²) in [5.74, 6) is 0.491. The molecule has 0 saturated heterocycles. The molecule has 0 amide bonds. The number of methoxy groups -OCH3 is 1. The van der Waals surface area contributed by atoms with E-state index in [0.717, 1.165) is 0 Å². The van der Waals surface area contributed by atoms with Crippen LogP contribution in [0.5, 0.6) is 11.5 Å². The molecular weight excluding hydrogens is 419 g/mol. The molecule has 0 aliphatic rings. The molecule has 7 nitrogen and oxygen atoms in total. The molecule has 0 fully saturated rings. The molecule has 0 aliphatic heterocycles. The highest BCUT2D eigenvalue weighted by atomic mass is 35.5. The minimum Gasteiger partial charge on any atom is -0.491 e. The average Bonchev–Trinajstić information content (AvgIpc) is 2.70. The third-order valence-electron chi connectivity index (χ3n) is 3.48. The SMILES string of the molecule is CCOC(=O)CCCOc1cc(C=CC(=O)c2ccccn2)ncc1OC.Cl.Cl. The molecule has 0 atom stereocenters. The second kappa shape index (κ2) is 14.4. The number of ketones is 1. The Balaban J connectivity index is 0.00000392. The molecule has 0 aliphatic carbocycles. The summed E-state index contributed by atoms with van der Waals surface area (Å²) in [5.41, 5.74) is 0.901. The molecule has 9 heteroatoms. The summed E-state index contributed by atoms with van der Waals surface area (Å²) in [6.07, 6.45) is 6.88. The van der Waals surface area contributed by atoms with E-state index in [2.05, 4.69) is 9.97 Å². The maximum absolute atomic E-state index is 12.1. The molecule has 0 saturated carbocycles. The van der Waals surface area contributed by atoms with Gasteiger partial charge in [0, 0.05) is 18.7 Å². The van der Waals surface area contributed by atoms with Gasteiger partial charge in [0.25, 0.3) is 0 Å². The van der Waals surface area contributed by atoms with Crippen molar-refractivity contribution in [1.82, 2.24) is 9.97 Å². The van der Waals surface area contributed by atoms with Crippen LogP contribution in [0.4, 0.5) is 0 Å². The minimum absolute atomic E-state index is 0. The molecule has 0 spiro atoms. The molecular formula is C20H24Cl2N2O5. The van der Waals surface area contributed by atoms with Gasteiger partial charge >= 0.3 is 5.97 Å². The summed E-state index contributed by atoms with van der Waals surface area (Å²) >= 11 is 0. The van der Waals surface area contributed by atoms with Crippen LogP contribution in [0.1, 0.15) is 35.9 Å². The predicted octanol–water partition coefficient (Wildman–Crippen LogP) is 3.95. The van der Waals surface area contributed by atoms with Crippen LogP contribution < -0.4 is 9.47 Å². The zero-order valence-electron chi connectivity index (χ0n) is 16.2. The quantitative estimate of drug-likeness (QED) is 0.238. The summed E-state index contributed by atoms with van der Waals surface area (Å²) in [5, 5.41) is 0. The van der Waals surface area contributed by atoms with Gasteiger partial charge in [-0.05, 0) is 37.6 Å². The van der Waals surface area contributed by atoms with E-state index in [4.69, 9.17) is 14.2 Å². The van der Waals surface area contributed by atoms with Gasteiger partial charge in [-0.3, -0.25) is 19.6 Å². The van der Waals surface area contributed by atoms with Crippen LogP contribution in [-0.4, -0.2) is 42.0 Å². The zero-order valence-corrected chi connectivity index (χ0v) is 17.8. The van der Waals surface area contributed by atoms with E-state index in [1.54, 1.807) is 43.5 Å². The van der Waals surface area contributed by atoms with Crippen molar-refractivity contribution in [3.63, 3.8) is 0 Å². The van der Waals surface area contributed by atoms with E-state index < -0.39 is 0 Å². The second-order valence-corrected chi connectivity index (χ2v) is 5.43. The van der Waals surface area contributed by atoms with Crippen LogP contribution in [0.25, 0.3) is 6.08 Å². The molecule has 0 radical (unpaired) electrons. The number of hydrogen-bond acceptors (Lipinski definition) is 7. The zero-order chi connectivity index (χ0) is 19.5. The van der Waals surface area contributed by atoms with Crippen LogP contribution in [0.15, 0.2) is 42.7 Å². The van der Waals surface area contributed by atoms with Crippen molar-refractivity contribution in [2.24, 2.45) is 0 Å². The normalized spacial score (nSPS) is 9.86. The van der Waals surface area contributed by atoms with Gasteiger partial charge in [-0.2, -0.15) is 0 Å². The highest BCUT2D eigenvalue weighted by Gasteiger charge is 2.08. The van der Waals surface area contributed by atoms with Crippen LogP contribution in [0.2, 0.25) is 0 Å². The first-order chi connectivity index (χ1) is 13.1. The van der Waals surface area contributed by atoms with Gasteiger partial charge in [0.05, 0.1) is 32.2 Å². The lowest BCUT2D eigenvalue weighted by Crippen LogP contribution is -2.07. The van der Waals surface area contributed by atoms with Gasteiger partial charge in [-0.15, -0.1) is 24.8 Å². The van der Waals surface area contributed by atoms with Crippen molar-refractivity contribution in [1.29, 1.82) is 0 Å². The highest BCUT2D eigenvalue weighted by molar-refractivity contribution is 6.05. The molecule has 158 valence electrons. The molecule has 0 unspecified atom stereocenters. The summed E-state index contributed by atoms with van der Waals surface area (Å²) in [7, 11) is 1.52. The Morgan fingerprint density at radius 3 is 2.59 bits per heavy atom. The van der Waals surface area contributed by atoms with E-state index in [-0.39, 0.29) is 43.0 Å². The highest BCUT2D eigenvalue weighted by Crippen LogP contribution is 2.27. The molecule has 2 aromatic rings. The Morgan fingerprint density at radius 2 is 1.93 bits per heavy atom. The lowest BCUT2D eigenvalue weighted by atomic mass is 10.2. The number of aromatic nitrogens is 2. The monoisotopic (exact) mass is 442 g/mol. The second-order valence-electron chi connectivity index (χ2n) is 5.43. The van der Waals surface area contributed by atoms with Crippen LogP contribution >= 0.6 is 24.8 Å². The Kier molecular flexibility index (Phi) is 13.1. The lowest BCUT2D eigenvalue weighted by Gasteiger charge is -2.10. The van der Waals surface area contributed by atoms with Crippen molar-refractivity contribution >= 4 is 42.6 Å². The van der Waals surface area contributed by atoms with Gasteiger partial charge in [-0.1, -0.05) is 6.07 Å². The van der Waals surface area contributed by atoms with Gasteiger partial charge < -0.3 is 14.2 Å². The molecule has 0 bridgehead atoms. The van der Waals surface area contributed by atoms with Crippen molar-refractivity contribution in [2.75, 3.05) is 20.3 Å². The Labute approximate surface area is 182 Å². The number of carbonyl (C=O) groups excluding carboxylic acids is 2. The fourth-order valence-electron chi connectivity index (χ4n) is 2.18. The molecule has 2 rings (SSSR count). The molecule has 29 heavy (non-hydrogen) atoms. The van der Waals surface area contributed by atoms with Gasteiger partial charge in [0.1, 0.15) is 5.69 Å². The smallest absolute Gasteiger partial charge is 0.305 e. The Bertz CT molecular complexity index is 801. The lowest BCUT2D eigenvalue weighted by molar-refractivity contribution is -0.143. The maximum atomic E-state index is 12.1. The average molecular weight is 443 g/mol.